The highest BCUT2D eigenvalue weighted by Gasteiger charge is 2.38. The molecule has 2 heteroatoms. The molecule has 1 unspecified atom stereocenters. The van der Waals surface area contributed by atoms with Crippen molar-refractivity contribution in [3.8, 4) is 0 Å². The molecule has 1 atom stereocenters. The van der Waals surface area contributed by atoms with E-state index in [1.165, 1.54) is 45.6 Å². The van der Waals surface area contributed by atoms with Gasteiger partial charge in [0.1, 0.15) is 0 Å². The van der Waals surface area contributed by atoms with E-state index in [0.29, 0.717) is 5.41 Å². The molecular weight excluding hydrogens is 196 g/mol. The first-order valence-electron chi connectivity index (χ1n) is 6.71. The van der Waals surface area contributed by atoms with Gasteiger partial charge < -0.3 is 5.32 Å². The van der Waals surface area contributed by atoms with Crippen LogP contribution in [0.4, 0.5) is 0 Å². The molecule has 1 saturated heterocycles. The summed E-state index contributed by atoms with van der Waals surface area (Å²) >= 11 is 0. The third kappa shape index (κ3) is 2.49. The zero-order valence-corrected chi connectivity index (χ0v) is 11.1. The van der Waals surface area contributed by atoms with E-state index in [0.717, 1.165) is 5.92 Å². The van der Waals surface area contributed by atoms with Crippen LogP contribution in [0.3, 0.4) is 0 Å². The van der Waals surface area contributed by atoms with E-state index in [1.807, 2.05) is 0 Å². The minimum atomic E-state index is 0.525. The number of hydrogen-bond donors (Lipinski definition) is 1. The van der Waals surface area contributed by atoms with Gasteiger partial charge in [0.15, 0.2) is 0 Å². The molecule has 1 fully saturated rings. The first-order valence-corrected chi connectivity index (χ1v) is 6.71. The summed E-state index contributed by atoms with van der Waals surface area (Å²) in [4.78, 5) is 2.66. The van der Waals surface area contributed by atoms with Gasteiger partial charge in [-0.15, -0.1) is 0 Å². The Morgan fingerprint density at radius 1 is 1.50 bits per heavy atom. The monoisotopic (exact) mass is 222 g/mol. The predicted molar refractivity (Wildman–Crippen MR) is 69.6 cm³/mol. The third-order valence-electron chi connectivity index (χ3n) is 4.45. The Kier molecular flexibility index (Phi) is 3.70. The smallest absolute Gasteiger partial charge is 0.0190 e. The van der Waals surface area contributed by atoms with Gasteiger partial charge in [0, 0.05) is 26.2 Å². The lowest BCUT2D eigenvalue weighted by Crippen LogP contribution is -2.44. The van der Waals surface area contributed by atoms with Crippen molar-refractivity contribution in [2.45, 2.75) is 33.6 Å². The molecule has 0 spiro atoms. The van der Waals surface area contributed by atoms with E-state index in [-0.39, 0.29) is 0 Å². The molecule has 0 aromatic carbocycles. The van der Waals surface area contributed by atoms with Crippen LogP contribution in [0.25, 0.3) is 0 Å². The molecule has 0 saturated carbocycles. The number of nitrogens with zero attached hydrogens (tertiary/aromatic N) is 1. The van der Waals surface area contributed by atoms with E-state index in [4.69, 9.17) is 0 Å². The molecule has 2 aliphatic rings. The van der Waals surface area contributed by atoms with Gasteiger partial charge in [-0.05, 0) is 37.6 Å². The molecule has 92 valence electrons. The normalized spacial score (nSPS) is 32.1. The Morgan fingerprint density at radius 2 is 2.31 bits per heavy atom. The minimum absolute atomic E-state index is 0.525. The average Bonchev–Trinajstić information content (AvgIpc) is 2.67. The van der Waals surface area contributed by atoms with Crippen LogP contribution < -0.4 is 5.32 Å². The van der Waals surface area contributed by atoms with Crippen LogP contribution in [0.5, 0.6) is 0 Å². The van der Waals surface area contributed by atoms with Crippen molar-refractivity contribution in [3.63, 3.8) is 0 Å². The Bertz CT molecular complexity index is 262. The van der Waals surface area contributed by atoms with E-state index in [1.54, 1.807) is 5.57 Å². The second-order valence-corrected chi connectivity index (χ2v) is 5.99. The summed E-state index contributed by atoms with van der Waals surface area (Å²) < 4.78 is 0. The number of hydrogen-bond acceptors (Lipinski definition) is 2. The van der Waals surface area contributed by atoms with Crippen molar-refractivity contribution >= 4 is 0 Å². The fourth-order valence-electron chi connectivity index (χ4n) is 3.14. The van der Waals surface area contributed by atoms with Crippen LogP contribution in [-0.2, 0) is 0 Å². The number of rotatable bonds is 3. The van der Waals surface area contributed by atoms with Crippen LogP contribution in [0.1, 0.15) is 33.6 Å². The van der Waals surface area contributed by atoms with Crippen molar-refractivity contribution in [1.29, 1.82) is 0 Å². The van der Waals surface area contributed by atoms with Crippen LogP contribution in [-0.4, -0.2) is 37.6 Å². The highest BCUT2D eigenvalue weighted by molar-refractivity contribution is 5.06. The van der Waals surface area contributed by atoms with Gasteiger partial charge in [-0.1, -0.05) is 25.5 Å². The van der Waals surface area contributed by atoms with Crippen molar-refractivity contribution in [2.75, 3.05) is 32.7 Å². The summed E-state index contributed by atoms with van der Waals surface area (Å²) in [5, 5.41) is 3.55. The summed E-state index contributed by atoms with van der Waals surface area (Å²) in [5.74, 6) is 0.786. The molecule has 2 aliphatic heterocycles. The van der Waals surface area contributed by atoms with Crippen LogP contribution in [0.15, 0.2) is 11.6 Å². The molecule has 0 aromatic heterocycles. The van der Waals surface area contributed by atoms with Crippen LogP contribution in [0, 0.1) is 11.3 Å². The summed E-state index contributed by atoms with van der Waals surface area (Å²) in [6.07, 6.45) is 4.99. The number of nitrogens with one attached hydrogen (secondary N) is 1. The van der Waals surface area contributed by atoms with Crippen molar-refractivity contribution in [1.82, 2.24) is 10.2 Å². The highest BCUT2D eigenvalue weighted by atomic mass is 15.1. The van der Waals surface area contributed by atoms with Gasteiger partial charge in [-0.3, -0.25) is 4.90 Å². The molecule has 2 rings (SSSR count). The Hall–Kier alpha value is -0.340. The summed E-state index contributed by atoms with van der Waals surface area (Å²) in [6, 6.07) is 0. The van der Waals surface area contributed by atoms with E-state index in [9.17, 15) is 0 Å². The average molecular weight is 222 g/mol. The SMILES string of the molecule is CC1=CCCN(CC2(C(C)C)CCNC2)C1. The quantitative estimate of drug-likeness (QED) is 0.737. The summed E-state index contributed by atoms with van der Waals surface area (Å²) in [6.45, 7) is 13.2. The molecule has 2 heterocycles. The first-order chi connectivity index (χ1) is 7.62. The summed E-state index contributed by atoms with van der Waals surface area (Å²) in [7, 11) is 0. The van der Waals surface area contributed by atoms with Gasteiger partial charge in [0.2, 0.25) is 0 Å². The summed E-state index contributed by atoms with van der Waals surface area (Å²) in [5.41, 5.74) is 2.08. The van der Waals surface area contributed by atoms with Crippen molar-refractivity contribution < 1.29 is 0 Å². The molecular formula is C14H26N2. The predicted octanol–water partition coefficient (Wildman–Crippen LogP) is 2.27. The third-order valence-corrected chi connectivity index (χ3v) is 4.45. The van der Waals surface area contributed by atoms with Crippen molar-refractivity contribution in [2.24, 2.45) is 11.3 Å². The molecule has 1 N–H and O–H groups in total. The Morgan fingerprint density at radius 3 is 2.88 bits per heavy atom. The van der Waals surface area contributed by atoms with Crippen molar-refractivity contribution in [3.05, 3.63) is 11.6 Å². The standard InChI is InChI=1S/C14H26N2/c1-12(2)14(6-7-15-10-14)11-16-8-4-5-13(3)9-16/h5,12,15H,4,6-11H2,1-3H3. The van der Waals surface area contributed by atoms with E-state index < -0.39 is 0 Å². The maximum atomic E-state index is 3.55. The lowest BCUT2D eigenvalue weighted by atomic mass is 9.76. The first kappa shape index (κ1) is 12.1. The largest absolute Gasteiger partial charge is 0.316 e. The van der Waals surface area contributed by atoms with E-state index >= 15 is 0 Å². The molecule has 2 nitrogen and oxygen atoms in total. The van der Waals surface area contributed by atoms with Gasteiger partial charge in [0.05, 0.1) is 0 Å². The fourth-order valence-corrected chi connectivity index (χ4v) is 3.14. The zero-order valence-electron chi connectivity index (χ0n) is 11.1. The zero-order chi connectivity index (χ0) is 11.6. The Labute approximate surface area is 100 Å². The maximum Gasteiger partial charge on any atom is 0.0190 e. The Balaban J connectivity index is 1.98. The molecule has 0 radical (unpaired) electrons. The lowest BCUT2D eigenvalue weighted by Gasteiger charge is -2.39. The highest BCUT2D eigenvalue weighted by Crippen LogP contribution is 2.35. The maximum absolute atomic E-state index is 3.55. The molecule has 16 heavy (non-hydrogen) atoms. The van der Waals surface area contributed by atoms with E-state index in [2.05, 4.69) is 37.1 Å². The second kappa shape index (κ2) is 4.89. The van der Waals surface area contributed by atoms with Gasteiger partial charge in [0.25, 0.3) is 0 Å². The topological polar surface area (TPSA) is 15.3 Å². The molecule has 0 aliphatic carbocycles. The van der Waals surface area contributed by atoms with Gasteiger partial charge in [-0.25, -0.2) is 0 Å². The molecule has 0 amide bonds. The second-order valence-electron chi connectivity index (χ2n) is 5.99. The molecule has 0 aromatic rings. The lowest BCUT2D eigenvalue weighted by molar-refractivity contribution is 0.122. The fraction of sp³-hybridized carbons (Fsp3) is 0.857. The van der Waals surface area contributed by atoms with Gasteiger partial charge >= 0.3 is 0 Å². The van der Waals surface area contributed by atoms with Crippen LogP contribution in [0.2, 0.25) is 0 Å². The molecule has 0 bridgehead atoms. The minimum Gasteiger partial charge on any atom is -0.316 e. The van der Waals surface area contributed by atoms with Gasteiger partial charge in [-0.2, -0.15) is 0 Å². The van der Waals surface area contributed by atoms with Crippen LogP contribution >= 0.6 is 0 Å².